The van der Waals surface area contributed by atoms with Gasteiger partial charge in [0.25, 0.3) is 5.91 Å². The van der Waals surface area contributed by atoms with Crippen LogP contribution in [0.3, 0.4) is 0 Å². The summed E-state index contributed by atoms with van der Waals surface area (Å²) in [7, 11) is -3.94. The molecular weight excluding hydrogens is 586 g/mol. The Labute approximate surface area is 260 Å². The molecule has 2 N–H and O–H groups in total. The Hall–Kier alpha value is -2.88. The summed E-state index contributed by atoms with van der Waals surface area (Å²) in [4.78, 5) is 20.2. The zero-order valence-corrected chi connectivity index (χ0v) is 26.5. The first-order valence-corrected chi connectivity index (χ1v) is 17.1. The van der Waals surface area contributed by atoms with Crippen LogP contribution in [0, 0.1) is 17.8 Å². The first kappa shape index (κ1) is 31.5. The second kappa shape index (κ2) is 12.6. The SMILES string of the molecule is C=CC[C@H](C)[C@@H](C)S(=O)(=O)NC(=O)c1ccc2c(n1)N(C[C@@H]1CC[C@H]1C(O)C=C)C[C@@]1(CCCc3cc(Cl)ccc31)CO2. The molecule has 1 spiro atoms. The number of amides is 1. The van der Waals surface area contributed by atoms with Gasteiger partial charge in [0.05, 0.1) is 18.0 Å². The number of nitrogens with zero attached hydrogens (tertiary/aromatic N) is 2. The molecule has 2 aromatic rings. The van der Waals surface area contributed by atoms with Gasteiger partial charge in [0.2, 0.25) is 10.0 Å². The van der Waals surface area contributed by atoms with Crippen LogP contribution in [0.4, 0.5) is 5.82 Å². The van der Waals surface area contributed by atoms with E-state index in [1.165, 1.54) is 17.2 Å². The predicted molar refractivity (Wildman–Crippen MR) is 170 cm³/mol. The van der Waals surface area contributed by atoms with Crippen LogP contribution in [-0.2, 0) is 21.9 Å². The molecule has 1 amide bonds. The third-order valence-electron chi connectivity index (χ3n) is 9.78. The van der Waals surface area contributed by atoms with E-state index >= 15 is 0 Å². The van der Waals surface area contributed by atoms with Crippen molar-refractivity contribution in [3.05, 3.63) is 77.5 Å². The van der Waals surface area contributed by atoms with Crippen molar-refractivity contribution >= 4 is 33.3 Å². The molecule has 5 rings (SSSR count). The summed E-state index contributed by atoms with van der Waals surface area (Å²) in [5.41, 5.74) is 2.11. The fourth-order valence-electron chi connectivity index (χ4n) is 6.87. The van der Waals surface area contributed by atoms with E-state index in [0.29, 0.717) is 42.7 Å². The van der Waals surface area contributed by atoms with Crippen molar-refractivity contribution in [1.82, 2.24) is 9.71 Å². The lowest BCUT2D eigenvalue weighted by Gasteiger charge is -2.45. The van der Waals surface area contributed by atoms with Crippen molar-refractivity contribution in [3.63, 3.8) is 0 Å². The fourth-order valence-corrected chi connectivity index (χ4v) is 8.34. The number of benzene rings is 1. The van der Waals surface area contributed by atoms with Crippen molar-refractivity contribution in [3.8, 4) is 5.75 Å². The van der Waals surface area contributed by atoms with Crippen LogP contribution < -0.4 is 14.4 Å². The summed E-state index contributed by atoms with van der Waals surface area (Å²) < 4.78 is 34.8. The van der Waals surface area contributed by atoms with E-state index in [1.807, 2.05) is 19.1 Å². The van der Waals surface area contributed by atoms with Crippen molar-refractivity contribution in [2.75, 3.05) is 24.6 Å². The molecule has 1 aliphatic heterocycles. The van der Waals surface area contributed by atoms with E-state index in [9.17, 15) is 18.3 Å². The zero-order valence-electron chi connectivity index (χ0n) is 25.0. The molecule has 1 unspecified atom stereocenters. The Bertz CT molecular complexity index is 1500. The Morgan fingerprint density at radius 1 is 1.28 bits per heavy atom. The lowest BCUT2D eigenvalue weighted by Crippen LogP contribution is -2.49. The van der Waals surface area contributed by atoms with Crippen LogP contribution in [0.5, 0.6) is 5.75 Å². The minimum atomic E-state index is -3.94. The lowest BCUT2D eigenvalue weighted by atomic mass is 9.68. The summed E-state index contributed by atoms with van der Waals surface area (Å²) >= 11 is 6.37. The number of aryl methyl sites for hydroxylation is 1. The van der Waals surface area contributed by atoms with E-state index in [0.717, 1.165) is 32.1 Å². The molecule has 6 atom stereocenters. The lowest BCUT2D eigenvalue weighted by molar-refractivity contribution is 0.0459. The molecule has 1 fully saturated rings. The highest BCUT2D eigenvalue weighted by Crippen LogP contribution is 2.46. The van der Waals surface area contributed by atoms with Crippen LogP contribution in [0.1, 0.15) is 67.6 Å². The molecule has 2 aliphatic carbocycles. The molecule has 1 aromatic carbocycles. The molecule has 0 bridgehead atoms. The molecule has 2 heterocycles. The number of aliphatic hydroxyl groups is 1. The van der Waals surface area contributed by atoms with E-state index in [4.69, 9.17) is 21.3 Å². The van der Waals surface area contributed by atoms with Gasteiger partial charge in [-0.05, 0) is 98.6 Å². The molecule has 3 aliphatic rings. The number of carbonyl (C=O) groups excluding carboxylic acids is 1. The number of hydrogen-bond donors (Lipinski definition) is 2. The highest BCUT2D eigenvalue weighted by molar-refractivity contribution is 7.90. The average Bonchev–Trinajstić information content (AvgIpc) is 3.11. The summed E-state index contributed by atoms with van der Waals surface area (Å²) in [5.74, 6) is 0.365. The normalized spacial score (nSPS) is 25.2. The number of carbonyl (C=O) groups is 1. The van der Waals surface area contributed by atoms with Crippen molar-refractivity contribution < 1.29 is 23.1 Å². The van der Waals surface area contributed by atoms with Crippen LogP contribution in [0.25, 0.3) is 0 Å². The zero-order chi connectivity index (χ0) is 30.9. The summed E-state index contributed by atoms with van der Waals surface area (Å²) in [5, 5.41) is 10.5. The number of halogens is 1. The third kappa shape index (κ3) is 6.35. The van der Waals surface area contributed by atoms with E-state index in [-0.39, 0.29) is 28.9 Å². The highest BCUT2D eigenvalue weighted by Gasteiger charge is 2.44. The van der Waals surface area contributed by atoms with Gasteiger partial charge in [-0.15, -0.1) is 13.2 Å². The molecule has 0 radical (unpaired) electrons. The number of ether oxygens (including phenoxy) is 1. The van der Waals surface area contributed by atoms with Crippen LogP contribution in [-0.4, -0.2) is 55.5 Å². The first-order chi connectivity index (χ1) is 20.5. The number of pyridine rings is 1. The summed E-state index contributed by atoms with van der Waals surface area (Å²) in [6, 6.07) is 9.30. The Kier molecular flexibility index (Phi) is 9.26. The summed E-state index contributed by atoms with van der Waals surface area (Å²) in [6.07, 6.45) is 7.92. The number of nitrogens with one attached hydrogen (secondary N) is 1. The number of hydrogen-bond acceptors (Lipinski definition) is 7. The van der Waals surface area contributed by atoms with Gasteiger partial charge in [-0.1, -0.05) is 36.7 Å². The van der Waals surface area contributed by atoms with E-state index in [2.05, 4.69) is 28.8 Å². The fraction of sp³-hybridized carbons (Fsp3) is 0.515. The van der Waals surface area contributed by atoms with Crippen molar-refractivity contribution in [2.45, 2.75) is 69.1 Å². The van der Waals surface area contributed by atoms with Gasteiger partial charge in [-0.3, -0.25) is 4.79 Å². The number of rotatable bonds is 10. The van der Waals surface area contributed by atoms with Gasteiger partial charge in [0, 0.05) is 23.5 Å². The number of allylic oxidation sites excluding steroid dienone is 1. The predicted octanol–water partition coefficient (Wildman–Crippen LogP) is 5.44. The minimum Gasteiger partial charge on any atom is -0.489 e. The van der Waals surface area contributed by atoms with Crippen molar-refractivity contribution in [2.24, 2.45) is 17.8 Å². The number of sulfonamides is 1. The molecular formula is C33H42ClN3O5S. The first-order valence-electron chi connectivity index (χ1n) is 15.1. The quantitative estimate of drug-likeness (QED) is 0.338. The molecule has 232 valence electrons. The van der Waals surface area contributed by atoms with E-state index in [1.54, 1.807) is 25.1 Å². The molecule has 1 saturated carbocycles. The Balaban J connectivity index is 1.49. The molecule has 10 heteroatoms. The van der Waals surface area contributed by atoms with Gasteiger partial charge in [0.1, 0.15) is 5.69 Å². The topological polar surface area (TPSA) is 109 Å². The Morgan fingerprint density at radius 3 is 2.77 bits per heavy atom. The third-order valence-corrected chi connectivity index (χ3v) is 11.9. The highest BCUT2D eigenvalue weighted by atomic mass is 35.5. The average molecular weight is 628 g/mol. The van der Waals surface area contributed by atoms with Gasteiger partial charge >= 0.3 is 0 Å². The second-order valence-corrected chi connectivity index (χ2v) is 15.0. The van der Waals surface area contributed by atoms with Gasteiger partial charge in [-0.25, -0.2) is 18.1 Å². The number of anilines is 1. The smallest absolute Gasteiger partial charge is 0.283 e. The van der Waals surface area contributed by atoms with Crippen LogP contribution in [0.2, 0.25) is 5.02 Å². The standard InChI is InChI=1S/C33H42ClN3O5S/c1-5-8-21(3)22(4)43(40,41)36-32(39)28-14-15-30-31(35-28)37(18-24-10-12-26(24)29(38)6-2)19-33(20-42-30)16-7-9-23-17-25(34)11-13-27(23)33/h5-6,11,13-15,17,21-22,24,26,29,38H,1-2,7-10,12,16,18-20H2,3-4H3,(H,36,39)/t21-,22+,24-,26+,29?,33-/m0/s1. The maximum absolute atomic E-state index is 13.3. The molecule has 43 heavy (non-hydrogen) atoms. The monoisotopic (exact) mass is 627 g/mol. The minimum absolute atomic E-state index is 0.00237. The molecule has 8 nitrogen and oxygen atoms in total. The second-order valence-electron chi connectivity index (χ2n) is 12.5. The van der Waals surface area contributed by atoms with Gasteiger partial charge < -0.3 is 14.7 Å². The maximum atomic E-state index is 13.3. The Morgan fingerprint density at radius 2 is 2.07 bits per heavy atom. The van der Waals surface area contributed by atoms with Crippen molar-refractivity contribution in [1.29, 1.82) is 0 Å². The number of fused-ring (bicyclic) bond motifs is 3. The number of aliphatic hydroxyl groups excluding tert-OH is 1. The largest absolute Gasteiger partial charge is 0.489 e. The van der Waals surface area contributed by atoms with Gasteiger partial charge in [-0.2, -0.15) is 0 Å². The maximum Gasteiger partial charge on any atom is 0.283 e. The summed E-state index contributed by atoms with van der Waals surface area (Å²) in [6.45, 7) is 12.5. The number of aromatic nitrogens is 1. The van der Waals surface area contributed by atoms with E-state index < -0.39 is 27.3 Å². The van der Waals surface area contributed by atoms with Gasteiger partial charge in [0.15, 0.2) is 11.6 Å². The molecule has 0 saturated heterocycles. The molecule has 1 aromatic heterocycles. The van der Waals surface area contributed by atoms with Crippen LogP contribution in [0.15, 0.2) is 55.6 Å². The van der Waals surface area contributed by atoms with Crippen LogP contribution >= 0.6 is 11.6 Å².